The molecule has 3 heterocycles. The number of benzene rings is 4. The van der Waals surface area contributed by atoms with Crippen LogP contribution in [0.1, 0.15) is 42.1 Å². The van der Waals surface area contributed by atoms with Crippen molar-refractivity contribution in [2.24, 2.45) is 0 Å². The van der Waals surface area contributed by atoms with Gasteiger partial charge in [0.1, 0.15) is 30.0 Å². The fourth-order valence-corrected chi connectivity index (χ4v) is 7.03. The van der Waals surface area contributed by atoms with Gasteiger partial charge in [0.05, 0.1) is 35.5 Å². The van der Waals surface area contributed by atoms with Crippen molar-refractivity contribution < 1.29 is 33.6 Å². The van der Waals surface area contributed by atoms with Gasteiger partial charge in [0.15, 0.2) is 16.6 Å². The van der Waals surface area contributed by atoms with Gasteiger partial charge in [-0.25, -0.2) is 4.98 Å². The third kappa shape index (κ3) is 5.65. The number of anilines is 1. The lowest BCUT2D eigenvalue weighted by molar-refractivity contribution is -0.132. The zero-order valence-electron chi connectivity index (χ0n) is 26.1. The van der Waals surface area contributed by atoms with Crippen molar-refractivity contribution in [3.8, 4) is 23.0 Å². The smallest absolute Gasteiger partial charge is 0.301 e. The van der Waals surface area contributed by atoms with Gasteiger partial charge in [-0.05, 0) is 79.1 Å². The summed E-state index contributed by atoms with van der Waals surface area (Å²) in [5, 5.41) is 12.1. The number of fused-ring (bicyclic) bond motifs is 2. The van der Waals surface area contributed by atoms with Crippen molar-refractivity contribution in [3.05, 3.63) is 113 Å². The Morgan fingerprint density at radius 3 is 2.62 bits per heavy atom. The van der Waals surface area contributed by atoms with Gasteiger partial charge in [-0.3, -0.25) is 14.5 Å². The molecule has 1 aromatic heterocycles. The molecule has 2 aliphatic heterocycles. The Hall–Kier alpha value is -5.35. The van der Waals surface area contributed by atoms with E-state index in [-0.39, 0.29) is 17.4 Å². The number of carbonyl (C=O) groups excluding carboxylic acids is 2. The molecule has 9 nitrogen and oxygen atoms in total. The van der Waals surface area contributed by atoms with Crippen molar-refractivity contribution in [3.63, 3.8) is 0 Å². The van der Waals surface area contributed by atoms with Crippen LogP contribution in [0.2, 0.25) is 0 Å². The maximum absolute atomic E-state index is 13.9. The molecule has 1 N–H and O–H groups in total. The second-order valence-electron chi connectivity index (χ2n) is 11.4. The molecular formula is C37H32N2O7S. The van der Waals surface area contributed by atoms with E-state index in [2.05, 4.69) is 0 Å². The fraction of sp³-hybridized carbons (Fsp3) is 0.216. The van der Waals surface area contributed by atoms with E-state index < -0.39 is 17.7 Å². The Morgan fingerprint density at radius 2 is 1.83 bits per heavy atom. The highest BCUT2D eigenvalue weighted by atomic mass is 32.1. The van der Waals surface area contributed by atoms with Gasteiger partial charge >= 0.3 is 5.91 Å². The van der Waals surface area contributed by atoms with Crippen molar-refractivity contribution in [1.29, 1.82) is 0 Å². The summed E-state index contributed by atoms with van der Waals surface area (Å²) >= 11 is 1.26. The predicted octanol–water partition coefficient (Wildman–Crippen LogP) is 7.23. The number of hydrogen-bond donors (Lipinski definition) is 1. The molecular weight excluding hydrogens is 616 g/mol. The molecule has 0 radical (unpaired) electrons. The second-order valence-corrected chi connectivity index (χ2v) is 12.4. The van der Waals surface area contributed by atoms with Gasteiger partial charge in [-0.1, -0.05) is 47.7 Å². The van der Waals surface area contributed by atoms with Crippen LogP contribution in [-0.2, 0) is 22.6 Å². The largest absolute Gasteiger partial charge is 0.507 e. The molecule has 4 aromatic carbocycles. The van der Waals surface area contributed by atoms with E-state index in [0.29, 0.717) is 58.7 Å². The quantitative estimate of drug-likeness (QED) is 0.101. The minimum absolute atomic E-state index is 0.00486. The number of nitrogens with zero attached hydrogens (tertiary/aromatic N) is 2. The van der Waals surface area contributed by atoms with Crippen LogP contribution in [-0.4, -0.2) is 41.6 Å². The number of ether oxygens (including phenoxy) is 4. The molecule has 10 heteroatoms. The van der Waals surface area contributed by atoms with Crippen LogP contribution in [0.5, 0.6) is 23.0 Å². The normalized spacial score (nSPS) is 18.3. The van der Waals surface area contributed by atoms with Crippen LogP contribution >= 0.6 is 11.3 Å². The minimum Gasteiger partial charge on any atom is -0.507 e. The van der Waals surface area contributed by atoms with Crippen molar-refractivity contribution in [2.45, 2.75) is 39.0 Å². The molecule has 0 saturated carbocycles. The van der Waals surface area contributed by atoms with E-state index in [0.717, 1.165) is 21.6 Å². The second kappa shape index (κ2) is 12.4. The van der Waals surface area contributed by atoms with Crippen LogP contribution < -0.4 is 23.8 Å². The maximum atomic E-state index is 13.9. The van der Waals surface area contributed by atoms with Gasteiger partial charge in [-0.15, -0.1) is 0 Å². The summed E-state index contributed by atoms with van der Waals surface area (Å²) < 4.78 is 24.2. The molecule has 2 aliphatic rings. The molecule has 1 saturated heterocycles. The number of rotatable bonds is 9. The molecule has 238 valence electrons. The molecule has 1 amide bonds. The molecule has 0 unspecified atom stereocenters. The van der Waals surface area contributed by atoms with Crippen molar-refractivity contribution in [1.82, 2.24) is 4.98 Å². The molecule has 47 heavy (non-hydrogen) atoms. The lowest BCUT2D eigenvalue weighted by atomic mass is 9.94. The monoisotopic (exact) mass is 648 g/mol. The first-order chi connectivity index (χ1) is 22.8. The summed E-state index contributed by atoms with van der Waals surface area (Å²) in [6.07, 6.45) is 0.677. The fourth-order valence-electron chi connectivity index (χ4n) is 6.01. The Labute approximate surface area is 275 Å². The molecule has 7 rings (SSSR count). The zero-order valence-corrected chi connectivity index (χ0v) is 26.9. The molecule has 2 atom stereocenters. The van der Waals surface area contributed by atoms with Gasteiger partial charge in [-0.2, -0.15) is 0 Å². The molecule has 5 aromatic rings. The van der Waals surface area contributed by atoms with Crippen LogP contribution in [0, 0.1) is 0 Å². The number of aliphatic hydroxyl groups is 1. The zero-order chi connectivity index (χ0) is 32.7. The molecule has 0 spiro atoms. The SMILES string of the molecule is CCOc1cc([C@H]2C(=C(O)c3ccc4c(c3)C[C@@H](C)O4)C(=O)C(=O)N2c2nc3ccc(OC)cc3s2)ccc1OCc1ccccc1. The van der Waals surface area contributed by atoms with Gasteiger partial charge in [0.25, 0.3) is 5.78 Å². The van der Waals surface area contributed by atoms with Gasteiger partial charge in [0.2, 0.25) is 0 Å². The summed E-state index contributed by atoms with van der Waals surface area (Å²) in [6.45, 7) is 4.53. The lowest BCUT2D eigenvalue weighted by Crippen LogP contribution is -2.29. The van der Waals surface area contributed by atoms with Gasteiger partial charge < -0.3 is 24.1 Å². The third-order valence-electron chi connectivity index (χ3n) is 8.22. The van der Waals surface area contributed by atoms with E-state index >= 15 is 0 Å². The maximum Gasteiger partial charge on any atom is 0.301 e. The Bertz CT molecular complexity index is 2040. The number of hydrogen-bond acceptors (Lipinski definition) is 9. The Kier molecular flexibility index (Phi) is 8.03. The number of thiazole rings is 1. The summed E-state index contributed by atoms with van der Waals surface area (Å²) in [7, 11) is 1.58. The standard InChI is InChI=1S/C37H32N2O7S/c1-4-44-30-18-23(10-15-29(30)45-20-22-8-6-5-7-9-22)33-32(34(40)24-11-14-28-25(17-24)16-21(2)46-28)35(41)36(42)39(33)37-38-27-13-12-26(43-3)19-31(27)47-37/h5-15,17-19,21,33,40H,4,16,20H2,1-3H3/t21-,33+/m1/s1. The lowest BCUT2D eigenvalue weighted by Gasteiger charge is -2.24. The van der Waals surface area contributed by atoms with Crippen LogP contribution in [0.25, 0.3) is 16.0 Å². The number of Topliss-reactive ketones (excluding diaryl/α,β-unsaturated/α-hetero) is 1. The first-order valence-corrected chi connectivity index (χ1v) is 16.1. The average molecular weight is 649 g/mol. The van der Waals surface area contributed by atoms with Crippen LogP contribution in [0.3, 0.4) is 0 Å². The number of ketones is 1. The number of aromatic nitrogens is 1. The number of aliphatic hydroxyl groups excluding tert-OH is 1. The summed E-state index contributed by atoms with van der Waals surface area (Å²) in [5.74, 6) is 0.473. The van der Waals surface area contributed by atoms with E-state index in [9.17, 15) is 14.7 Å². The highest BCUT2D eigenvalue weighted by molar-refractivity contribution is 7.22. The van der Waals surface area contributed by atoms with Gasteiger partial charge in [0, 0.05) is 12.0 Å². The number of carbonyl (C=O) groups is 2. The Morgan fingerprint density at radius 1 is 1.00 bits per heavy atom. The third-order valence-corrected chi connectivity index (χ3v) is 9.24. The van der Waals surface area contributed by atoms with Crippen molar-refractivity contribution in [2.75, 3.05) is 18.6 Å². The highest BCUT2D eigenvalue weighted by Crippen LogP contribution is 2.46. The topological polar surface area (TPSA) is 107 Å². The minimum atomic E-state index is -0.997. The summed E-state index contributed by atoms with van der Waals surface area (Å²) in [4.78, 5) is 33.9. The number of methoxy groups -OCH3 is 1. The average Bonchev–Trinajstić information content (AvgIpc) is 3.75. The predicted molar refractivity (Wildman–Crippen MR) is 180 cm³/mol. The van der Waals surface area contributed by atoms with E-state index in [1.54, 1.807) is 49.6 Å². The first kappa shape index (κ1) is 30.3. The van der Waals surface area contributed by atoms with E-state index in [1.807, 2.05) is 56.3 Å². The highest BCUT2D eigenvalue weighted by Gasteiger charge is 2.48. The molecule has 1 fully saturated rings. The molecule has 0 bridgehead atoms. The summed E-state index contributed by atoms with van der Waals surface area (Å²) in [5.41, 5.74) is 3.50. The van der Waals surface area contributed by atoms with E-state index in [1.165, 1.54) is 16.2 Å². The number of amides is 1. The van der Waals surface area contributed by atoms with Crippen LogP contribution in [0.4, 0.5) is 5.13 Å². The molecule has 0 aliphatic carbocycles. The first-order valence-electron chi connectivity index (χ1n) is 15.3. The van der Waals surface area contributed by atoms with E-state index in [4.69, 9.17) is 23.9 Å². The van der Waals surface area contributed by atoms with Crippen molar-refractivity contribution >= 4 is 44.1 Å². The Balaban J connectivity index is 1.36. The van der Waals surface area contributed by atoms with Crippen LogP contribution in [0.15, 0.2) is 90.5 Å². The summed E-state index contributed by atoms with van der Waals surface area (Å²) in [6, 6.07) is 24.8.